The van der Waals surface area contributed by atoms with Crippen LogP contribution in [0.3, 0.4) is 0 Å². The molecule has 5 heteroatoms. The largest absolute Gasteiger partial charge is 0.480 e. The van der Waals surface area contributed by atoms with Crippen LogP contribution >= 0.6 is 0 Å². The van der Waals surface area contributed by atoms with Crippen LogP contribution in [0, 0.1) is 0 Å². The molecule has 1 atom stereocenters. The van der Waals surface area contributed by atoms with Crippen molar-refractivity contribution in [3.05, 3.63) is 0 Å². The molecule has 0 saturated heterocycles. The minimum atomic E-state index is -0.890. The minimum absolute atomic E-state index is 0.183. The van der Waals surface area contributed by atoms with Crippen molar-refractivity contribution in [2.75, 3.05) is 34.0 Å². The molecular weight excluding hydrogens is 174 g/mol. The zero-order valence-electron chi connectivity index (χ0n) is 8.08. The molecule has 0 aromatic rings. The molecule has 0 aliphatic rings. The van der Waals surface area contributed by atoms with Crippen molar-refractivity contribution in [2.45, 2.75) is 12.5 Å². The van der Waals surface area contributed by atoms with E-state index in [9.17, 15) is 4.79 Å². The number of hydrogen-bond acceptors (Lipinski definition) is 4. The molecule has 0 heterocycles. The second-order valence-electron chi connectivity index (χ2n) is 2.65. The van der Waals surface area contributed by atoms with Crippen molar-refractivity contribution in [3.8, 4) is 0 Å². The van der Waals surface area contributed by atoms with E-state index in [1.807, 2.05) is 0 Å². The number of rotatable bonds is 8. The summed E-state index contributed by atoms with van der Waals surface area (Å²) in [5.41, 5.74) is 0. The van der Waals surface area contributed by atoms with Crippen LogP contribution in [0.1, 0.15) is 6.42 Å². The number of methoxy groups -OCH3 is 2. The Labute approximate surface area is 78.0 Å². The molecule has 0 spiro atoms. The Morgan fingerprint density at radius 2 is 2.15 bits per heavy atom. The maximum Gasteiger partial charge on any atom is 0.323 e. The quantitative estimate of drug-likeness (QED) is 0.516. The number of hydrogen-bond donors (Lipinski definition) is 2. The van der Waals surface area contributed by atoms with E-state index in [-0.39, 0.29) is 6.61 Å². The summed E-state index contributed by atoms with van der Waals surface area (Å²) in [5.74, 6) is -0.890. The van der Waals surface area contributed by atoms with Crippen molar-refractivity contribution < 1.29 is 19.4 Å². The average Bonchev–Trinajstić information content (AvgIpc) is 2.10. The molecule has 78 valence electrons. The van der Waals surface area contributed by atoms with Crippen LogP contribution in [0.5, 0.6) is 0 Å². The Hall–Kier alpha value is -0.650. The summed E-state index contributed by atoms with van der Waals surface area (Å²) in [4.78, 5) is 10.6. The third-order valence-electron chi connectivity index (χ3n) is 1.55. The summed E-state index contributed by atoms with van der Waals surface area (Å²) in [7, 11) is 3.09. The average molecular weight is 191 g/mol. The fourth-order valence-electron chi connectivity index (χ4n) is 0.877. The van der Waals surface area contributed by atoms with Crippen molar-refractivity contribution >= 4 is 5.97 Å². The maximum absolute atomic E-state index is 10.6. The normalized spacial score (nSPS) is 12.8. The second kappa shape index (κ2) is 7.97. The van der Waals surface area contributed by atoms with Crippen molar-refractivity contribution in [1.82, 2.24) is 5.32 Å². The van der Waals surface area contributed by atoms with Gasteiger partial charge in [0, 0.05) is 20.8 Å². The Balaban J connectivity index is 3.51. The number of carbonyl (C=O) groups is 1. The number of carboxylic acid groups (broad SMARTS) is 1. The molecule has 5 nitrogen and oxygen atoms in total. The molecule has 0 radical (unpaired) electrons. The van der Waals surface area contributed by atoms with Gasteiger partial charge in [0.25, 0.3) is 0 Å². The van der Waals surface area contributed by atoms with Gasteiger partial charge in [0.2, 0.25) is 0 Å². The highest BCUT2D eigenvalue weighted by Crippen LogP contribution is 1.86. The minimum Gasteiger partial charge on any atom is -0.480 e. The van der Waals surface area contributed by atoms with Gasteiger partial charge in [-0.15, -0.1) is 0 Å². The van der Waals surface area contributed by atoms with E-state index in [0.29, 0.717) is 13.2 Å². The first-order valence-corrected chi connectivity index (χ1v) is 4.16. The highest BCUT2D eigenvalue weighted by Gasteiger charge is 2.15. The summed E-state index contributed by atoms with van der Waals surface area (Å²) in [6.45, 7) is 1.43. The SMILES string of the molecule is COCCCNC(COC)C(=O)O. The third-order valence-corrected chi connectivity index (χ3v) is 1.55. The fraction of sp³-hybridized carbons (Fsp3) is 0.875. The Morgan fingerprint density at radius 1 is 1.46 bits per heavy atom. The highest BCUT2D eigenvalue weighted by atomic mass is 16.5. The van der Waals surface area contributed by atoms with Crippen molar-refractivity contribution in [2.24, 2.45) is 0 Å². The van der Waals surface area contributed by atoms with Crippen LogP contribution in [-0.2, 0) is 14.3 Å². The Bertz CT molecular complexity index is 140. The van der Waals surface area contributed by atoms with E-state index in [1.54, 1.807) is 7.11 Å². The number of aliphatic carboxylic acids is 1. The molecule has 0 aromatic carbocycles. The fourth-order valence-corrected chi connectivity index (χ4v) is 0.877. The van der Waals surface area contributed by atoms with Gasteiger partial charge in [-0.3, -0.25) is 4.79 Å². The molecular formula is C8H17NO4. The lowest BCUT2D eigenvalue weighted by molar-refractivity contribution is -0.140. The number of carboxylic acids is 1. The van der Waals surface area contributed by atoms with E-state index in [0.717, 1.165) is 6.42 Å². The molecule has 0 fully saturated rings. The molecule has 2 N–H and O–H groups in total. The van der Waals surface area contributed by atoms with Crippen LogP contribution in [0.2, 0.25) is 0 Å². The summed E-state index contributed by atoms with van der Waals surface area (Å²) in [6.07, 6.45) is 0.796. The van der Waals surface area contributed by atoms with Gasteiger partial charge in [-0.25, -0.2) is 0 Å². The molecule has 1 unspecified atom stereocenters. The summed E-state index contributed by atoms with van der Waals surface area (Å²) >= 11 is 0. The first-order valence-electron chi connectivity index (χ1n) is 4.16. The summed E-state index contributed by atoms with van der Waals surface area (Å²) < 4.78 is 9.57. The summed E-state index contributed by atoms with van der Waals surface area (Å²) in [6, 6.07) is -0.623. The Kier molecular flexibility index (Phi) is 7.57. The van der Waals surface area contributed by atoms with Gasteiger partial charge in [-0.1, -0.05) is 0 Å². The predicted octanol–water partition coefficient (Wildman–Crippen LogP) is -0.288. The van der Waals surface area contributed by atoms with Gasteiger partial charge < -0.3 is 19.9 Å². The van der Waals surface area contributed by atoms with Crippen molar-refractivity contribution in [3.63, 3.8) is 0 Å². The van der Waals surface area contributed by atoms with Crippen LogP contribution in [0.25, 0.3) is 0 Å². The first kappa shape index (κ1) is 12.3. The number of ether oxygens (including phenoxy) is 2. The van der Waals surface area contributed by atoms with Crippen LogP contribution in [-0.4, -0.2) is 51.1 Å². The molecule has 0 aromatic heterocycles. The van der Waals surface area contributed by atoms with Gasteiger partial charge >= 0.3 is 5.97 Å². The number of nitrogens with one attached hydrogen (secondary N) is 1. The van der Waals surface area contributed by atoms with Gasteiger partial charge in [-0.2, -0.15) is 0 Å². The van der Waals surface area contributed by atoms with E-state index < -0.39 is 12.0 Å². The second-order valence-corrected chi connectivity index (χ2v) is 2.65. The van der Waals surface area contributed by atoms with Gasteiger partial charge in [0.1, 0.15) is 6.04 Å². The topological polar surface area (TPSA) is 67.8 Å². The van der Waals surface area contributed by atoms with E-state index in [1.165, 1.54) is 7.11 Å². The van der Waals surface area contributed by atoms with E-state index in [2.05, 4.69) is 5.32 Å². The third kappa shape index (κ3) is 6.51. The molecule has 0 bridgehead atoms. The first-order chi connectivity index (χ1) is 6.22. The Morgan fingerprint density at radius 3 is 2.62 bits per heavy atom. The lowest BCUT2D eigenvalue weighted by atomic mass is 10.3. The van der Waals surface area contributed by atoms with E-state index >= 15 is 0 Å². The van der Waals surface area contributed by atoms with Crippen molar-refractivity contribution in [1.29, 1.82) is 0 Å². The molecule has 0 aliphatic carbocycles. The van der Waals surface area contributed by atoms with Gasteiger partial charge in [-0.05, 0) is 13.0 Å². The predicted molar refractivity (Wildman–Crippen MR) is 47.8 cm³/mol. The summed E-state index contributed by atoms with van der Waals surface area (Å²) in [5, 5.41) is 11.5. The van der Waals surface area contributed by atoms with Gasteiger partial charge in [0.05, 0.1) is 6.61 Å². The molecule has 0 saturated carbocycles. The standard InChI is InChI=1S/C8H17NO4/c1-12-5-3-4-9-7(6-13-2)8(10)11/h7,9H,3-6H2,1-2H3,(H,10,11). The zero-order chi connectivity index (χ0) is 10.1. The monoisotopic (exact) mass is 191 g/mol. The molecule has 0 amide bonds. The highest BCUT2D eigenvalue weighted by molar-refractivity contribution is 5.73. The van der Waals surface area contributed by atoms with Crippen LogP contribution < -0.4 is 5.32 Å². The molecule has 0 aliphatic heterocycles. The van der Waals surface area contributed by atoms with E-state index in [4.69, 9.17) is 14.6 Å². The maximum atomic E-state index is 10.6. The van der Waals surface area contributed by atoms with Crippen LogP contribution in [0.4, 0.5) is 0 Å². The van der Waals surface area contributed by atoms with Crippen LogP contribution in [0.15, 0.2) is 0 Å². The molecule has 0 rings (SSSR count). The smallest absolute Gasteiger partial charge is 0.323 e. The zero-order valence-corrected chi connectivity index (χ0v) is 8.08. The lowest BCUT2D eigenvalue weighted by Gasteiger charge is -2.12. The molecule has 13 heavy (non-hydrogen) atoms. The lowest BCUT2D eigenvalue weighted by Crippen LogP contribution is -2.40. The van der Waals surface area contributed by atoms with Gasteiger partial charge in [0.15, 0.2) is 0 Å².